The van der Waals surface area contributed by atoms with Crippen molar-refractivity contribution in [2.45, 2.75) is 19.4 Å². The van der Waals surface area contributed by atoms with Crippen LogP contribution >= 0.6 is 0 Å². The number of hydrogen-bond donors (Lipinski definition) is 3. The largest absolute Gasteiger partial charge is 0.409 e. The Morgan fingerprint density at radius 3 is 2.87 bits per heavy atom. The number of oxime groups is 1. The molecule has 0 radical (unpaired) electrons. The van der Waals surface area contributed by atoms with Crippen molar-refractivity contribution in [2.24, 2.45) is 16.8 Å². The number of hydrogen-bond acceptors (Lipinski definition) is 4. The van der Waals surface area contributed by atoms with Gasteiger partial charge in [0.05, 0.1) is 5.92 Å². The summed E-state index contributed by atoms with van der Waals surface area (Å²) in [5.41, 5.74) is 5.35. The van der Waals surface area contributed by atoms with E-state index in [9.17, 15) is 4.79 Å². The predicted octanol–water partition coefficient (Wildman–Crippen LogP) is -0.811. The van der Waals surface area contributed by atoms with Crippen LogP contribution in [-0.4, -0.2) is 48.0 Å². The van der Waals surface area contributed by atoms with E-state index in [0.717, 1.165) is 19.5 Å². The van der Waals surface area contributed by atoms with Gasteiger partial charge >= 0.3 is 0 Å². The molecule has 0 bridgehead atoms. The summed E-state index contributed by atoms with van der Waals surface area (Å²) in [6.45, 7) is 3.46. The van der Waals surface area contributed by atoms with Gasteiger partial charge in [-0.3, -0.25) is 4.79 Å². The first-order chi connectivity index (χ1) is 7.04. The molecule has 0 aromatic rings. The van der Waals surface area contributed by atoms with Crippen molar-refractivity contribution in [3.63, 3.8) is 0 Å². The number of rotatable bonds is 3. The summed E-state index contributed by atoms with van der Waals surface area (Å²) in [6, 6.07) is 0.177. The van der Waals surface area contributed by atoms with E-state index in [0.29, 0.717) is 0 Å². The van der Waals surface area contributed by atoms with E-state index in [1.165, 1.54) is 0 Å². The average Bonchev–Trinajstić information content (AvgIpc) is 2.61. The minimum absolute atomic E-state index is 0.0566. The molecule has 4 N–H and O–H groups in total. The number of likely N-dealkylation sites (N-methyl/N-ethyl adjacent to an activating group) is 1. The van der Waals surface area contributed by atoms with Crippen LogP contribution in [0.2, 0.25) is 0 Å². The second-order valence-corrected chi connectivity index (χ2v) is 4.00. The Labute approximate surface area is 89.1 Å². The highest BCUT2D eigenvalue weighted by Gasteiger charge is 2.24. The van der Waals surface area contributed by atoms with E-state index in [4.69, 9.17) is 10.9 Å². The van der Waals surface area contributed by atoms with E-state index >= 15 is 0 Å². The first kappa shape index (κ1) is 11.8. The van der Waals surface area contributed by atoms with Gasteiger partial charge in [-0.2, -0.15) is 0 Å². The van der Waals surface area contributed by atoms with Gasteiger partial charge in [0.25, 0.3) is 0 Å². The third kappa shape index (κ3) is 3.09. The van der Waals surface area contributed by atoms with Crippen LogP contribution in [0.1, 0.15) is 13.3 Å². The fourth-order valence-corrected chi connectivity index (χ4v) is 1.60. The minimum atomic E-state index is -0.582. The van der Waals surface area contributed by atoms with E-state index in [1.54, 1.807) is 6.92 Å². The first-order valence-electron chi connectivity index (χ1n) is 5.01. The summed E-state index contributed by atoms with van der Waals surface area (Å²) in [6.07, 6.45) is 0.950. The number of likely N-dealkylation sites (tertiary alicyclic amines) is 1. The van der Waals surface area contributed by atoms with Crippen molar-refractivity contribution in [1.82, 2.24) is 10.2 Å². The highest BCUT2D eigenvalue weighted by Crippen LogP contribution is 2.07. The molecule has 0 aliphatic carbocycles. The lowest BCUT2D eigenvalue weighted by molar-refractivity contribution is -0.123. The Bertz CT molecular complexity index is 267. The molecule has 15 heavy (non-hydrogen) atoms. The van der Waals surface area contributed by atoms with E-state index in [-0.39, 0.29) is 17.8 Å². The molecule has 0 saturated carbocycles. The van der Waals surface area contributed by atoms with Crippen LogP contribution in [0.25, 0.3) is 0 Å². The van der Waals surface area contributed by atoms with Gasteiger partial charge in [0, 0.05) is 12.6 Å². The number of carbonyl (C=O) groups is 1. The third-order valence-electron chi connectivity index (χ3n) is 2.69. The lowest BCUT2D eigenvalue weighted by atomic mass is 10.1. The van der Waals surface area contributed by atoms with Crippen LogP contribution in [0, 0.1) is 5.92 Å². The summed E-state index contributed by atoms with van der Waals surface area (Å²) in [7, 11) is 2.01. The molecule has 0 aromatic carbocycles. The molecule has 1 rings (SSSR count). The molecule has 1 fully saturated rings. The van der Waals surface area contributed by atoms with Crippen LogP contribution in [0.4, 0.5) is 0 Å². The van der Waals surface area contributed by atoms with Crippen molar-refractivity contribution in [2.75, 3.05) is 20.1 Å². The highest BCUT2D eigenvalue weighted by atomic mass is 16.4. The third-order valence-corrected chi connectivity index (χ3v) is 2.69. The quantitative estimate of drug-likeness (QED) is 0.248. The van der Waals surface area contributed by atoms with Crippen LogP contribution in [-0.2, 0) is 4.79 Å². The molecule has 1 aliphatic heterocycles. The minimum Gasteiger partial charge on any atom is -0.409 e. The van der Waals surface area contributed by atoms with Crippen molar-refractivity contribution >= 4 is 11.7 Å². The first-order valence-corrected chi connectivity index (χ1v) is 5.01. The predicted molar refractivity (Wildman–Crippen MR) is 56.6 cm³/mol. The summed E-state index contributed by atoms with van der Waals surface area (Å²) in [5, 5.41) is 14.1. The highest BCUT2D eigenvalue weighted by molar-refractivity contribution is 6.01. The van der Waals surface area contributed by atoms with E-state index in [1.807, 2.05) is 7.05 Å². The standard InChI is InChI=1S/C9H18N4O2/c1-6(8(10)12-15)9(14)11-7-3-4-13(2)5-7/h6-7,15H,3-5H2,1-2H3,(H2,10,12)(H,11,14). The Morgan fingerprint density at radius 1 is 1.73 bits per heavy atom. The van der Waals surface area contributed by atoms with Gasteiger partial charge in [-0.05, 0) is 26.9 Å². The number of nitrogens with zero attached hydrogens (tertiary/aromatic N) is 2. The van der Waals surface area contributed by atoms with Crippen molar-refractivity contribution in [1.29, 1.82) is 0 Å². The molecule has 86 valence electrons. The summed E-state index contributed by atoms with van der Waals surface area (Å²) in [5.74, 6) is -0.828. The smallest absolute Gasteiger partial charge is 0.230 e. The summed E-state index contributed by atoms with van der Waals surface area (Å²) >= 11 is 0. The molecule has 2 atom stereocenters. The molecule has 0 aromatic heterocycles. The van der Waals surface area contributed by atoms with Crippen molar-refractivity contribution in [3.05, 3.63) is 0 Å². The molecule has 0 spiro atoms. The topological polar surface area (TPSA) is 91.0 Å². The number of nitrogens with two attached hydrogens (primary N) is 1. The zero-order valence-corrected chi connectivity index (χ0v) is 9.10. The summed E-state index contributed by atoms with van der Waals surface area (Å²) in [4.78, 5) is 13.8. The van der Waals surface area contributed by atoms with E-state index in [2.05, 4.69) is 15.4 Å². The van der Waals surface area contributed by atoms with Gasteiger partial charge in [-0.1, -0.05) is 5.16 Å². The fourth-order valence-electron chi connectivity index (χ4n) is 1.60. The van der Waals surface area contributed by atoms with Gasteiger partial charge < -0.3 is 21.2 Å². The number of amidine groups is 1. The van der Waals surface area contributed by atoms with Crippen LogP contribution in [0.15, 0.2) is 5.16 Å². The Morgan fingerprint density at radius 2 is 2.40 bits per heavy atom. The molecular formula is C9H18N4O2. The lowest BCUT2D eigenvalue weighted by Gasteiger charge is -2.15. The number of amides is 1. The van der Waals surface area contributed by atoms with Gasteiger partial charge in [0.15, 0.2) is 5.84 Å². The zero-order valence-electron chi connectivity index (χ0n) is 9.10. The summed E-state index contributed by atoms with van der Waals surface area (Å²) < 4.78 is 0. The SMILES string of the molecule is CC(C(=O)NC1CCN(C)C1)C(N)=NO. The van der Waals surface area contributed by atoms with Crippen LogP contribution < -0.4 is 11.1 Å². The Kier molecular flexibility index (Phi) is 3.90. The maximum absolute atomic E-state index is 11.6. The van der Waals surface area contributed by atoms with Crippen LogP contribution in [0.3, 0.4) is 0 Å². The normalized spacial score (nSPS) is 25.2. The van der Waals surface area contributed by atoms with E-state index < -0.39 is 5.92 Å². The zero-order chi connectivity index (χ0) is 11.4. The number of carbonyl (C=O) groups excluding carboxylic acids is 1. The van der Waals surface area contributed by atoms with Crippen LogP contribution in [0.5, 0.6) is 0 Å². The van der Waals surface area contributed by atoms with Crippen molar-refractivity contribution in [3.8, 4) is 0 Å². The maximum Gasteiger partial charge on any atom is 0.230 e. The fraction of sp³-hybridized carbons (Fsp3) is 0.778. The molecule has 2 unspecified atom stereocenters. The Hall–Kier alpha value is -1.30. The molecule has 6 nitrogen and oxygen atoms in total. The second kappa shape index (κ2) is 4.97. The average molecular weight is 214 g/mol. The van der Waals surface area contributed by atoms with Gasteiger partial charge in [-0.25, -0.2) is 0 Å². The molecule has 1 heterocycles. The second-order valence-electron chi connectivity index (χ2n) is 4.00. The van der Waals surface area contributed by atoms with Crippen molar-refractivity contribution < 1.29 is 10.0 Å². The van der Waals surface area contributed by atoms with Gasteiger partial charge in [0.2, 0.25) is 5.91 Å². The maximum atomic E-state index is 11.6. The molecular weight excluding hydrogens is 196 g/mol. The van der Waals surface area contributed by atoms with Gasteiger partial charge in [-0.15, -0.1) is 0 Å². The monoisotopic (exact) mass is 214 g/mol. The molecule has 1 saturated heterocycles. The Balaban J connectivity index is 2.42. The lowest BCUT2D eigenvalue weighted by Crippen LogP contribution is -2.43. The number of nitrogens with one attached hydrogen (secondary N) is 1. The molecule has 1 aliphatic rings. The molecule has 1 amide bonds. The molecule has 6 heteroatoms. The van der Waals surface area contributed by atoms with Gasteiger partial charge in [0.1, 0.15) is 0 Å².